The van der Waals surface area contributed by atoms with Gasteiger partial charge >= 0.3 is 0 Å². The summed E-state index contributed by atoms with van der Waals surface area (Å²) in [5.74, 6) is 0.342. The van der Waals surface area contributed by atoms with Gasteiger partial charge in [0.2, 0.25) is 5.95 Å². The SMILES string of the molecule is COn1c(=O)c(-c2c(Cl)cccc2Cl)cc2cnc(Nc3cccc(SC)c3)nc21. The number of benzene rings is 2. The molecule has 30 heavy (non-hydrogen) atoms. The molecule has 0 saturated heterocycles. The number of fused-ring (bicyclic) bond motifs is 1. The number of thioether (sulfide) groups is 1. The Morgan fingerprint density at radius 1 is 1.10 bits per heavy atom. The lowest BCUT2D eigenvalue weighted by molar-refractivity contribution is 0.168. The van der Waals surface area contributed by atoms with Crippen LogP contribution in [0.5, 0.6) is 0 Å². The van der Waals surface area contributed by atoms with Crippen molar-refractivity contribution in [1.82, 2.24) is 14.7 Å². The number of aromatic nitrogens is 3. The standard InChI is InChI=1S/C21H16Cl2N4O2S/c1-29-27-19-12(9-15(20(27)28)18-16(22)7-4-8-17(18)23)11-24-21(26-19)25-13-5-3-6-14(10-13)30-2/h3-11H,1-2H3,(H,24,25,26). The van der Waals surface area contributed by atoms with Crippen LogP contribution >= 0.6 is 35.0 Å². The molecule has 0 aliphatic heterocycles. The van der Waals surface area contributed by atoms with Crippen LogP contribution in [0.4, 0.5) is 11.6 Å². The zero-order valence-electron chi connectivity index (χ0n) is 16.0. The van der Waals surface area contributed by atoms with Crippen LogP contribution in [-0.4, -0.2) is 28.1 Å². The number of halogens is 2. The predicted molar refractivity (Wildman–Crippen MR) is 123 cm³/mol. The molecule has 0 aliphatic carbocycles. The van der Waals surface area contributed by atoms with Gasteiger partial charge in [-0.2, -0.15) is 4.98 Å². The predicted octanol–water partition coefficient (Wildman–Crippen LogP) is 5.29. The fourth-order valence-electron chi connectivity index (χ4n) is 3.06. The van der Waals surface area contributed by atoms with E-state index >= 15 is 0 Å². The van der Waals surface area contributed by atoms with Gasteiger partial charge in [0.1, 0.15) is 7.11 Å². The van der Waals surface area contributed by atoms with Crippen molar-refractivity contribution in [3.8, 4) is 11.1 Å². The summed E-state index contributed by atoms with van der Waals surface area (Å²) in [5.41, 5.74) is 1.49. The van der Waals surface area contributed by atoms with Gasteiger partial charge in [-0.15, -0.1) is 16.5 Å². The maximum absolute atomic E-state index is 13.1. The van der Waals surface area contributed by atoms with E-state index in [9.17, 15) is 4.79 Å². The lowest BCUT2D eigenvalue weighted by Gasteiger charge is -2.13. The maximum Gasteiger partial charge on any atom is 0.293 e. The Kier molecular flexibility index (Phi) is 5.85. The number of anilines is 2. The highest BCUT2D eigenvalue weighted by Gasteiger charge is 2.18. The number of nitrogens with one attached hydrogen (secondary N) is 1. The van der Waals surface area contributed by atoms with Gasteiger partial charge in [0.05, 0.1) is 15.6 Å². The van der Waals surface area contributed by atoms with E-state index in [1.54, 1.807) is 42.2 Å². The quantitative estimate of drug-likeness (QED) is 0.409. The summed E-state index contributed by atoms with van der Waals surface area (Å²) in [6.07, 6.45) is 3.62. The highest BCUT2D eigenvalue weighted by Crippen LogP contribution is 2.33. The summed E-state index contributed by atoms with van der Waals surface area (Å²) in [4.78, 5) is 28.4. The zero-order valence-corrected chi connectivity index (χ0v) is 18.3. The molecule has 4 aromatic rings. The Balaban J connectivity index is 1.84. The van der Waals surface area contributed by atoms with Crippen molar-refractivity contribution in [1.29, 1.82) is 0 Å². The topological polar surface area (TPSA) is 69.0 Å². The van der Waals surface area contributed by atoms with Crippen LogP contribution in [0.25, 0.3) is 22.2 Å². The summed E-state index contributed by atoms with van der Waals surface area (Å²) in [6, 6.07) is 14.6. The lowest BCUT2D eigenvalue weighted by atomic mass is 10.1. The van der Waals surface area contributed by atoms with E-state index in [1.807, 2.05) is 30.5 Å². The second kappa shape index (κ2) is 8.55. The molecule has 0 atom stereocenters. The zero-order chi connectivity index (χ0) is 21.3. The third-order valence-corrected chi connectivity index (χ3v) is 5.80. The van der Waals surface area contributed by atoms with Gasteiger partial charge in [0.25, 0.3) is 5.56 Å². The van der Waals surface area contributed by atoms with Crippen LogP contribution in [0.3, 0.4) is 0 Å². The molecule has 2 aromatic carbocycles. The lowest BCUT2D eigenvalue weighted by Crippen LogP contribution is -2.27. The van der Waals surface area contributed by atoms with Gasteiger partial charge < -0.3 is 10.2 Å². The third-order valence-electron chi connectivity index (χ3n) is 4.44. The third kappa shape index (κ3) is 3.84. The molecule has 0 amide bonds. The smallest absolute Gasteiger partial charge is 0.293 e. The van der Waals surface area contributed by atoms with Crippen molar-refractivity contribution in [2.45, 2.75) is 4.90 Å². The molecule has 4 rings (SSSR count). The number of nitrogens with zero attached hydrogens (tertiary/aromatic N) is 3. The highest BCUT2D eigenvalue weighted by atomic mass is 35.5. The molecular weight excluding hydrogens is 443 g/mol. The van der Waals surface area contributed by atoms with Crippen LogP contribution < -0.4 is 15.7 Å². The maximum atomic E-state index is 13.1. The van der Waals surface area contributed by atoms with Crippen LogP contribution in [-0.2, 0) is 0 Å². The number of pyridine rings is 1. The molecule has 9 heteroatoms. The molecule has 6 nitrogen and oxygen atoms in total. The summed E-state index contributed by atoms with van der Waals surface area (Å²) in [5, 5.41) is 4.50. The van der Waals surface area contributed by atoms with Gasteiger partial charge in [-0.1, -0.05) is 35.3 Å². The molecular formula is C21H16Cl2N4O2S. The van der Waals surface area contributed by atoms with E-state index in [-0.39, 0.29) is 0 Å². The van der Waals surface area contributed by atoms with E-state index in [2.05, 4.69) is 15.3 Å². The van der Waals surface area contributed by atoms with Crippen LogP contribution in [0, 0.1) is 0 Å². The first kappa shape index (κ1) is 20.5. The van der Waals surface area contributed by atoms with Crippen LogP contribution in [0.2, 0.25) is 10.0 Å². The Morgan fingerprint density at radius 3 is 2.53 bits per heavy atom. The van der Waals surface area contributed by atoms with Crippen molar-refractivity contribution in [3.05, 3.63) is 75.1 Å². The molecule has 0 bridgehead atoms. The number of hydrogen-bond donors (Lipinski definition) is 1. The monoisotopic (exact) mass is 458 g/mol. The van der Waals surface area contributed by atoms with Crippen molar-refractivity contribution >= 4 is 57.6 Å². The molecule has 0 unspecified atom stereocenters. The summed E-state index contributed by atoms with van der Waals surface area (Å²) in [7, 11) is 1.40. The Hall–Kier alpha value is -2.74. The van der Waals surface area contributed by atoms with E-state index in [0.29, 0.717) is 38.2 Å². The average molecular weight is 459 g/mol. The van der Waals surface area contributed by atoms with E-state index in [4.69, 9.17) is 28.0 Å². The molecule has 2 heterocycles. The van der Waals surface area contributed by atoms with Crippen LogP contribution in [0.15, 0.2) is 64.4 Å². The van der Waals surface area contributed by atoms with E-state index in [1.165, 1.54) is 7.11 Å². The molecule has 0 aliphatic rings. The van der Waals surface area contributed by atoms with Crippen molar-refractivity contribution in [3.63, 3.8) is 0 Å². The minimum absolute atomic E-state index is 0.303. The molecule has 152 valence electrons. The molecule has 2 aromatic heterocycles. The summed E-state index contributed by atoms with van der Waals surface area (Å²) in [6.45, 7) is 0. The number of rotatable bonds is 5. The molecule has 1 N–H and O–H groups in total. The van der Waals surface area contributed by atoms with Gasteiger partial charge in [0.15, 0.2) is 5.65 Å². The molecule has 0 fully saturated rings. The van der Waals surface area contributed by atoms with Crippen LogP contribution in [0.1, 0.15) is 0 Å². The van der Waals surface area contributed by atoms with Crippen molar-refractivity contribution in [2.75, 3.05) is 18.7 Å². The normalized spacial score (nSPS) is 10.9. The van der Waals surface area contributed by atoms with Gasteiger partial charge in [-0.25, -0.2) is 4.98 Å². The molecule has 0 saturated carbocycles. The summed E-state index contributed by atoms with van der Waals surface area (Å²) < 4.78 is 1.11. The average Bonchev–Trinajstić information content (AvgIpc) is 2.74. The summed E-state index contributed by atoms with van der Waals surface area (Å²) >= 11 is 14.3. The first-order chi connectivity index (χ1) is 14.5. The van der Waals surface area contributed by atoms with Crippen molar-refractivity contribution < 1.29 is 4.84 Å². The Labute approximate surface area is 186 Å². The Morgan fingerprint density at radius 2 is 1.83 bits per heavy atom. The Bertz CT molecular complexity index is 1290. The van der Waals surface area contributed by atoms with E-state index < -0.39 is 5.56 Å². The second-order valence-corrected chi connectivity index (χ2v) is 7.96. The minimum Gasteiger partial charge on any atom is -0.412 e. The fourth-order valence-corrected chi connectivity index (χ4v) is 4.12. The van der Waals surface area contributed by atoms with Gasteiger partial charge in [-0.3, -0.25) is 4.79 Å². The van der Waals surface area contributed by atoms with E-state index in [0.717, 1.165) is 15.3 Å². The van der Waals surface area contributed by atoms with Gasteiger partial charge in [-0.05, 0) is 42.7 Å². The first-order valence-electron chi connectivity index (χ1n) is 8.84. The van der Waals surface area contributed by atoms with Gasteiger partial charge in [0, 0.05) is 27.7 Å². The highest BCUT2D eigenvalue weighted by molar-refractivity contribution is 7.98. The second-order valence-electron chi connectivity index (χ2n) is 6.27. The largest absolute Gasteiger partial charge is 0.412 e. The molecule has 0 spiro atoms. The minimum atomic E-state index is -0.422. The molecule has 0 radical (unpaired) electrons. The first-order valence-corrected chi connectivity index (χ1v) is 10.8. The van der Waals surface area contributed by atoms with Crippen molar-refractivity contribution in [2.24, 2.45) is 0 Å². The fraction of sp³-hybridized carbons (Fsp3) is 0.0952. The number of hydrogen-bond acceptors (Lipinski definition) is 6.